The van der Waals surface area contributed by atoms with Crippen molar-refractivity contribution in [3.05, 3.63) is 71.9 Å². The highest BCUT2D eigenvalue weighted by Crippen LogP contribution is 2.34. The van der Waals surface area contributed by atoms with Gasteiger partial charge in [0.1, 0.15) is 23.6 Å². The van der Waals surface area contributed by atoms with Crippen molar-refractivity contribution in [3.63, 3.8) is 0 Å². The van der Waals surface area contributed by atoms with Crippen molar-refractivity contribution in [1.29, 1.82) is 0 Å². The number of amides is 1. The summed E-state index contributed by atoms with van der Waals surface area (Å²) in [6.07, 6.45) is -0.296. The normalized spacial score (nSPS) is 12.7. The number of hydrogen-bond acceptors (Lipinski definition) is 5. The number of aromatic nitrogens is 1. The highest BCUT2D eigenvalue weighted by atomic mass is 19.4. The molecule has 1 saturated carbocycles. The molecule has 2 N–H and O–H groups in total. The Balaban J connectivity index is 0.00000103. The standard InChI is InChI=1S/C23H20F3N3O2.C2H4O/c1-14-2-5-17(12-20(14)23(24,25)26)28-16-6-8-18(9-7-16)31-19-10-11-27-21(13-19)29-22(30)15-3-4-15;1-2-3/h2,5-13,15,28H,3-4H2,1H3,(H,27,29,30);2H,1H3. The van der Waals surface area contributed by atoms with Crippen molar-refractivity contribution in [2.45, 2.75) is 32.9 Å². The maximum absolute atomic E-state index is 13.1. The third-order valence-corrected chi connectivity index (χ3v) is 4.85. The molecule has 0 radical (unpaired) electrons. The van der Waals surface area contributed by atoms with E-state index in [0.717, 1.165) is 25.2 Å². The molecule has 6 nitrogen and oxygen atoms in total. The van der Waals surface area contributed by atoms with Gasteiger partial charge >= 0.3 is 6.18 Å². The Bertz CT molecular complexity index is 1140. The summed E-state index contributed by atoms with van der Waals surface area (Å²) in [6, 6.07) is 14.2. The summed E-state index contributed by atoms with van der Waals surface area (Å²) in [4.78, 5) is 24.8. The molecular formula is C25H24F3N3O3. The largest absolute Gasteiger partial charge is 0.457 e. The summed E-state index contributed by atoms with van der Waals surface area (Å²) in [7, 11) is 0. The molecule has 9 heteroatoms. The van der Waals surface area contributed by atoms with E-state index in [1.807, 2.05) is 0 Å². The lowest BCUT2D eigenvalue weighted by molar-refractivity contribution is -0.138. The molecule has 1 heterocycles. The van der Waals surface area contributed by atoms with E-state index in [2.05, 4.69) is 15.6 Å². The van der Waals surface area contributed by atoms with Crippen LogP contribution in [-0.2, 0) is 15.8 Å². The van der Waals surface area contributed by atoms with Crippen molar-refractivity contribution < 1.29 is 27.5 Å². The zero-order valence-corrected chi connectivity index (χ0v) is 18.6. The Kier molecular flexibility index (Phi) is 7.88. The summed E-state index contributed by atoms with van der Waals surface area (Å²) in [5, 5.41) is 5.73. The van der Waals surface area contributed by atoms with Crippen LogP contribution < -0.4 is 15.4 Å². The topological polar surface area (TPSA) is 80.3 Å². The third-order valence-electron chi connectivity index (χ3n) is 4.85. The first kappa shape index (κ1) is 24.8. The molecule has 2 aromatic carbocycles. The number of hydrogen-bond donors (Lipinski definition) is 2. The van der Waals surface area contributed by atoms with Crippen LogP contribution in [0.2, 0.25) is 0 Å². The zero-order chi connectivity index (χ0) is 24.7. The number of nitrogens with zero attached hydrogens (tertiary/aromatic N) is 1. The van der Waals surface area contributed by atoms with Gasteiger partial charge in [-0.15, -0.1) is 0 Å². The Labute approximate surface area is 195 Å². The molecule has 1 aromatic heterocycles. The number of rotatable bonds is 6. The van der Waals surface area contributed by atoms with E-state index in [0.29, 0.717) is 28.7 Å². The molecule has 4 rings (SSSR count). The number of benzene rings is 2. The Morgan fingerprint density at radius 2 is 1.68 bits per heavy atom. The molecule has 0 bridgehead atoms. The number of aryl methyl sites for hydroxylation is 1. The fraction of sp³-hybridized carbons (Fsp3) is 0.240. The van der Waals surface area contributed by atoms with E-state index < -0.39 is 11.7 Å². The highest BCUT2D eigenvalue weighted by Gasteiger charge is 2.32. The van der Waals surface area contributed by atoms with Gasteiger partial charge in [0, 0.05) is 29.6 Å². The van der Waals surface area contributed by atoms with Crippen molar-refractivity contribution >= 4 is 29.4 Å². The molecule has 0 aliphatic heterocycles. The third kappa shape index (κ3) is 7.06. The second-order valence-corrected chi connectivity index (χ2v) is 7.65. The number of halogens is 3. The molecule has 0 spiro atoms. The van der Waals surface area contributed by atoms with Crippen LogP contribution in [0.4, 0.5) is 30.4 Å². The molecule has 178 valence electrons. The monoisotopic (exact) mass is 471 g/mol. The van der Waals surface area contributed by atoms with Crippen LogP contribution in [0.25, 0.3) is 0 Å². The van der Waals surface area contributed by atoms with Crippen LogP contribution in [0.15, 0.2) is 60.8 Å². The quantitative estimate of drug-likeness (QED) is 0.401. The van der Waals surface area contributed by atoms with Gasteiger partial charge in [0.25, 0.3) is 0 Å². The first-order chi connectivity index (χ1) is 16.2. The molecule has 0 saturated heterocycles. The minimum Gasteiger partial charge on any atom is -0.457 e. The fourth-order valence-corrected chi connectivity index (χ4v) is 3.03. The first-order valence-electron chi connectivity index (χ1n) is 10.6. The molecule has 1 amide bonds. The number of carbonyl (C=O) groups is 2. The number of anilines is 3. The molecule has 3 aromatic rings. The van der Waals surface area contributed by atoms with E-state index in [1.165, 1.54) is 19.9 Å². The van der Waals surface area contributed by atoms with Gasteiger partial charge in [0.2, 0.25) is 5.91 Å². The smallest absolute Gasteiger partial charge is 0.416 e. The Hall–Kier alpha value is -3.88. The van der Waals surface area contributed by atoms with Gasteiger partial charge in [-0.25, -0.2) is 4.98 Å². The SMILES string of the molecule is CC=O.Cc1ccc(Nc2ccc(Oc3ccnc(NC(=O)C4CC4)c3)cc2)cc1C(F)(F)F. The Morgan fingerprint density at radius 3 is 2.29 bits per heavy atom. The fourth-order valence-electron chi connectivity index (χ4n) is 3.03. The van der Waals surface area contributed by atoms with Crippen LogP contribution in [0.3, 0.4) is 0 Å². The van der Waals surface area contributed by atoms with Crippen molar-refractivity contribution in [2.24, 2.45) is 5.92 Å². The molecule has 34 heavy (non-hydrogen) atoms. The average Bonchev–Trinajstić information content (AvgIpc) is 3.62. The summed E-state index contributed by atoms with van der Waals surface area (Å²) in [5.74, 6) is 1.51. The van der Waals surface area contributed by atoms with Gasteiger partial charge in [0.15, 0.2) is 0 Å². The molecule has 0 atom stereocenters. The minimum atomic E-state index is -4.40. The minimum absolute atomic E-state index is 0.0372. The molecule has 1 fully saturated rings. The van der Waals surface area contributed by atoms with Crippen LogP contribution in [0.1, 0.15) is 30.9 Å². The molecule has 1 aliphatic carbocycles. The van der Waals surface area contributed by atoms with E-state index >= 15 is 0 Å². The van der Waals surface area contributed by atoms with Gasteiger partial charge in [-0.05, 0) is 74.7 Å². The number of ether oxygens (including phenoxy) is 1. The Morgan fingerprint density at radius 1 is 1.03 bits per heavy atom. The molecule has 1 aliphatic rings. The maximum Gasteiger partial charge on any atom is 0.416 e. The van der Waals surface area contributed by atoms with Crippen LogP contribution >= 0.6 is 0 Å². The van der Waals surface area contributed by atoms with Gasteiger partial charge in [-0.3, -0.25) is 4.79 Å². The lowest BCUT2D eigenvalue weighted by Crippen LogP contribution is -2.14. The molecule has 0 unspecified atom stereocenters. The van der Waals surface area contributed by atoms with Crippen molar-refractivity contribution in [3.8, 4) is 11.5 Å². The number of pyridine rings is 1. The molecular weight excluding hydrogens is 447 g/mol. The zero-order valence-electron chi connectivity index (χ0n) is 18.6. The number of carbonyl (C=O) groups excluding carboxylic acids is 2. The number of alkyl halides is 3. The lowest BCUT2D eigenvalue weighted by atomic mass is 10.1. The van der Waals surface area contributed by atoms with Crippen molar-refractivity contribution in [1.82, 2.24) is 4.98 Å². The van der Waals surface area contributed by atoms with Gasteiger partial charge in [-0.2, -0.15) is 13.2 Å². The summed E-state index contributed by atoms with van der Waals surface area (Å²) < 4.78 is 45.1. The second-order valence-electron chi connectivity index (χ2n) is 7.65. The maximum atomic E-state index is 13.1. The second kappa shape index (κ2) is 10.8. The van der Waals surface area contributed by atoms with E-state index in [9.17, 15) is 18.0 Å². The summed E-state index contributed by atoms with van der Waals surface area (Å²) in [6.45, 7) is 2.88. The lowest BCUT2D eigenvalue weighted by Gasteiger charge is -2.14. The predicted molar refractivity (Wildman–Crippen MR) is 123 cm³/mol. The summed E-state index contributed by atoms with van der Waals surface area (Å²) in [5.41, 5.74) is 0.472. The van der Waals surface area contributed by atoms with Crippen LogP contribution in [-0.4, -0.2) is 17.2 Å². The van der Waals surface area contributed by atoms with Gasteiger partial charge in [-0.1, -0.05) is 6.07 Å². The number of aldehydes is 1. The first-order valence-corrected chi connectivity index (χ1v) is 10.6. The number of nitrogens with one attached hydrogen (secondary N) is 2. The highest BCUT2D eigenvalue weighted by molar-refractivity contribution is 5.93. The van der Waals surface area contributed by atoms with Crippen molar-refractivity contribution in [2.75, 3.05) is 10.6 Å². The predicted octanol–water partition coefficient (Wildman–Crippen LogP) is 6.50. The van der Waals surface area contributed by atoms with E-state index in [-0.39, 0.29) is 17.4 Å². The van der Waals surface area contributed by atoms with Gasteiger partial charge < -0.3 is 20.2 Å². The van der Waals surface area contributed by atoms with Crippen LogP contribution in [0, 0.1) is 12.8 Å². The average molecular weight is 471 g/mol. The van der Waals surface area contributed by atoms with E-state index in [1.54, 1.807) is 48.7 Å². The van der Waals surface area contributed by atoms with Gasteiger partial charge in [0.05, 0.1) is 5.56 Å². The van der Waals surface area contributed by atoms with Crippen LogP contribution in [0.5, 0.6) is 11.5 Å². The van der Waals surface area contributed by atoms with E-state index in [4.69, 9.17) is 9.53 Å². The summed E-state index contributed by atoms with van der Waals surface area (Å²) >= 11 is 0.